The van der Waals surface area contributed by atoms with Crippen LogP contribution in [0.25, 0.3) is 27.7 Å². The van der Waals surface area contributed by atoms with Crippen LogP contribution in [0.3, 0.4) is 0 Å². The topological polar surface area (TPSA) is 108 Å². The summed E-state index contributed by atoms with van der Waals surface area (Å²) < 4.78 is 3.81. The Morgan fingerprint density at radius 1 is 0.976 bits per heavy atom. The van der Waals surface area contributed by atoms with Crippen LogP contribution in [0.15, 0.2) is 35.3 Å². The normalized spacial score (nSPS) is 16.7. The van der Waals surface area contributed by atoms with Crippen molar-refractivity contribution in [2.24, 2.45) is 12.5 Å². The van der Waals surface area contributed by atoms with Crippen molar-refractivity contribution in [3.8, 4) is 0 Å². The van der Waals surface area contributed by atoms with Crippen LogP contribution in [0.5, 0.6) is 0 Å². The number of pyridine rings is 1. The molecule has 4 aromatic rings. The van der Waals surface area contributed by atoms with E-state index in [1.165, 1.54) is 12.8 Å². The average molecular weight is 573 g/mol. The molecule has 2 amide bonds. The zero-order valence-electron chi connectivity index (χ0n) is 25.0. The van der Waals surface area contributed by atoms with E-state index in [9.17, 15) is 14.4 Å². The molecular weight excluding hydrogens is 532 g/mol. The molecule has 0 spiro atoms. The molecule has 222 valence electrons. The first kappa shape index (κ1) is 28.1. The van der Waals surface area contributed by atoms with Gasteiger partial charge in [-0.3, -0.25) is 18.8 Å². The molecule has 0 radical (unpaired) electrons. The molecule has 11 nitrogen and oxygen atoms in total. The molecule has 1 N–H and O–H groups in total. The van der Waals surface area contributed by atoms with Crippen molar-refractivity contribution >= 4 is 45.5 Å². The van der Waals surface area contributed by atoms with E-state index in [1.807, 2.05) is 45.2 Å². The molecule has 42 heavy (non-hydrogen) atoms. The summed E-state index contributed by atoms with van der Waals surface area (Å²) in [4.78, 5) is 56.0. The maximum Gasteiger partial charge on any atom is 0.259 e. The number of para-hydroxylation sites is 2. The van der Waals surface area contributed by atoms with E-state index >= 15 is 0 Å². The predicted octanol–water partition coefficient (Wildman–Crippen LogP) is 2.64. The lowest BCUT2D eigenvalue weighted by molar-refractivity contribution is -0.133. The van der Waals surface area contributed by atoms with Gasteiger partial charge >= 0.3 is 0 Å². The van der Waals surface area contributed by atoms with E-state index in [0.717, 1.165) is 30.7 Å². The third kappa shape index (κ3) is 5.21. The molecule has 0 bridgehead atoms. The minimum absolute atomic E-state index is 0.0591. The number of aromatic nitrogens is 4. The molecule has 5 heterocycles. The summed E-state index contributed by atoms with van der Waals surface area (Å²) in [5.74, 6) is 0.288. The zero-order chi connectivity index (χ0) is 29.6. The van der Waals surface area contributed by atoms with Gasteiger partial charge in [-0.05, 0) is 43.5 Å². The number of benzene rings is 1. The quantitative estimate of drug-likeness (QED) is 0.379. The molecule has 0 saturated carbocycles. The first-order chi connectivity index (χ1) is 20.1. The van der Waals surface area contributed by atoms with Crippen LogP contribution in [0.1, 0.15) is 50.4 Å². The number of nitrogens with zero attached hydrogens (tertiary/aromatic N) is 7. The van der Waals surface area contributed by atoms with Crippen molar-refractivity contribution in [3.05, 3.63) is 46.2 Å². The summed E-state index contributed by atoms with van der Waals surface area (Å²) in [6, 6.07) is 7.84. The van der Waals surface area contributed by atoms with Crippen LogP contribution in [-0.4, -0.2) is 92.9 Å². The van der Waals surface area contributed by atoms with Crippen LogP contribution in [0.4, 0.5) is 5.95 Å². The molecule has 2 aliphatic heterocycles. The number of aryl methyl sites for hydroxylation is 1. The Hall–Kier alpha value is -3.99. The number of carbonyl (C=O) groups excluding carboxylic acids is 2. The van der Waals surface area contributed by atoms with Gasteiger partial charge in [0.1, 0.15) is 11.2 Å². The van der Waals surface area contributed by atoms with Gasteiger partial charge in [0.2, 0.25) is 17.3 Å². The van der Waals surface area contributed by atoms with Gasteiger partial charge in [-0.25, -0.2) is 4.98 Å². The number of amides is 2. The number of rotatable bonds is 6. The van der Waals surface area contributed by atoms with Crippen LogP contribution >= 0.6 is 0 Å². The highest BCUT2D eigenvalue weighted by Gasteiger charge is 2.28. The first-order valence-corrected chi connectivity index (χ1v) is 14.9. The SMILES string of the molecule is Cn1c2ccccc2n2c3nc(N4CCN(C(=O)CC(C)(C)C)CC4)ncc3c(=O)c(C(=O)NCCN3CCCC3)c12. The molecule has 3 aromatic heterocycles. The summed E-state index contributed by atoms with van der Waals surface area (Å²) in [7, 11) is 1.87. The zero-order valence-corrected chi connectivity index (χ0v) is 25.0. The minimum Gasteiger partial charge on any atom is -0.351 e. The van der Waals surface area contributed by atoms with Crippen molar-refractivity contribution in [2.45, 2.75) is 40.0 Å². The van der Waals surface area contributed by atoms with Crippen LogP contribution in [-0.2, 0) is 11.8 Å². The molecule has 1 aromatic carbocycles. The highest BCUT2D eigenvalue weighted by molar-refractivity contribution is 6.05. The number of hydrogen-bond donors (Lipinski definition) is 1. The highest BCUT2D eigenvalue weighted by Crippen LogP contribution is 2.27. The maximum absolute atomic E-state index is 13.9. The van der Waals surface area contributed by atoms with E-state index in [4.69, 9.17) is 4.98 Å². The van der Waals surface area contributed by atoms with Crippen molar-refractivity contribution in [1.29, 1.82) is 0 Å². The van der Waals surface area contributed by atoms with Crippen LogP contribution < -0.4 is 15.6 Å². The Labute approximate surface area is 245 Å². The second-order valence-corrected chi connectivity index (χ2v) is 12.7. The summed E-state index contributed by atoms with van der Waals surface area (Å²) in [5, 5.41) is 3.30. The fourth-order valence-electron chi connectivity index (χ4n) is 6.24. The van der Waals surface area contributed by atoms with Gasteiger partial charge in [-0.15, -0.1) is 0 Å². The Kier molecular flexibility index (Phi) is 7.38. The fourth-order valence-corrected chi connectivity index (χ4v) is 6.24. The van der Waals surface area contributed by atoms with Gasteiger partial charge in [0.15, 0.2) is 5.65 Å². The maximum atomic E-state index is 13.9. The van der Waals surface area contributed by atoms with E-state index in [2.05, 4.69) is 40.9 Å². The van der Waals surface area contributed by atoms with E-state index in [-0.39, 0.29) is 28.2 Å². The van der Waals surface area contributed by atoms with Gasteiger partial charge in [0.05, 0.1) is 16.4 Å². The summed E-state index contributed by atoms with van der Waals surface area (Å²) >= 11 is 0. The third-order valence-corrected chi connectivity index (χ3v) is 8.41. The van der Waals surface area contributed by atoms with E-state index in [0.29, 0.717) is 61.8 Å². The van der Waals surface area contributed by atoms with Gasteiger partial charge in [0, 0.05) is 58.9 Å². The Morgan fingerprint density at radius 3 is 2.36 bits per heavy atom. The largest absolute Gasteiger partial charge is 0.351 e. The first-order valence-electron chi connectivity index (χ1n) is 14.9. The predicted molar refractivity (Wildman–Crippen MR) is 164 cm³/mol. The molecule has 0 atom stereocenters. The van der Waals surface area contributed by atoms with E-state index < -0.39 is 0 Å². The van der Waals surface area contributed by atoms with Crippen LogP contribution in [0.2, 0.25) is 0 Å². The molecule has 6 rings (SSSR count). The Morgan fingerprint density at radius 2 is 1.67 bits per heavy atom. The Bertz CT molecular complexity index is 1720. The molecular formula is C31H40N8O3. The third-order valence-electron chi connectivity index (χ3n) is 8.41. The highest BCUT2D eigenvalue weighted by atomic mass is 16.2. The number of hydrogen-bond acceptors (Lipinski definition) is 7. The molecule has 2 aliphatic rings. The van der Waals surface area contributed by atoms with E-state index in [1.54, 1.807) is 6.20 Å². The lowest BCUT2D eigenvalue weighted by Crippen LogP contribution is -2.49. The van der Waals surface area contributed by atoms with Crippen molar-refractivity contribution in [2.75, 3.05) is 57.3 Å². The van der Waals surface area contributed by atoms with Crippen LogP contribution in [0, 0.1) is 5.41 Å². The smallest absolute Gasteiger partial charge is 0.259 e. The second kappa shape index (κ2) is 11.0. The van der Waals surface area contributed by atoms with Gasteiger partial charge in [-0.2, -0.15) is 4.98 Å². The van der Waals surface area contributed by atoms with Gasteiger partial charge in [0.25, 0.3) is 5.91 Å². The number of piperazine rings is 1. The van der Waals surface area contributed by atoms with Crippen molar-refractivity contribution in [3.63, 3.8) is 0 Å². The molecule has 11 heteroatoms. The lowest BCUT2D eigenvalue weighted by Gasteiger charge is -2.36. The van der Waals surface area contributed by atoms with Crippen molar-refractivity contribution < 1.29 is 9.59 Å². The average Bonchev–Trinajstić information content (AvgIpc) is 3.59. The number of carbonyl (C=O) groups is 2. The summed E-state index contributed by atoms with van der Waals surface area (Å²) in [5.41, 5.74) is 2.39. The summed E-state index contributed by atoms with van der Waals surface area (Å²) in [6.45, 7) is 11.9. The molecule has 0 unspecified atom stereocenters. The molecule has 0 aliphatic carbocycles. The second-order valence-electron chi connectivity index (χ2n) is 12.7. The Balaban J connectivity index is 1.36. The van der Waals surface area contributed by atoms with Gasteiger partial charge < -0.3 is 24.6 Å². The lowest BCUT2D eigenvalue weighted by atomic mass is 9.91. The number of likely N-dealkylation sites (tertiary alicyclic amines) is 1. The standard InChI is InChI=1S/C31H40N8O3/c1-31(2,3)19-24(40)37-15-17-38(18-16-37)30-33-20-21-26(41)25(28(42)32-11-14-36-12-7-8-13-36)29-35(4)22-9-5-6-10-23(22)39(29)27(21)34-30/h5-6,9-10,20H,7-8,11-19H2,1-4H3,(H,32,42). The number of nitrogens with one attached hydrogen (secondary N) is 1. The fraction of sp³-hybridized carbons (Fsp3) is 0.516. The minimum atomic E-state index is -0.385. The number of anilines is 1. The van der Waals surface area contributed by atoms with Gasteiger partial charge in [-0.1, -0.05) is 32.9 Å². The van der Waals surface area contributed by atoms with Crippen molar-refractivity contribution in [1.82, 2.24) is 34.1 Å². The number of fused-ring (bicyclic) bond motifs is 5. The molecule has 2 saturated heterocycles. The monoisotopic (exact) mass is 572 g/mol. The summed E-state index contributed by atoms with van der Waals surface area (Å²) in [6.07, 6.45) is 4.43. The molecule has 2 fully saturated rings. The number of imidazole rings is 1.